The summed E-state index contributed by atoms with van der Waals surface area (Å²) >= 11 is 0. The molecule has 5 nitrogen and oxygen atoms in total. The third-order valence-corrected chi connectivity index (χ3v) is 4.06. The molecular formula is C15H22N2O3. The van der Waals surface area contributed by atoms with Crippen LogP contribution in [-0.4, -0.2) is 39.5 Å². The van der Waals surface area contributed by atoms with E-state index in [1.165, 1.54) is 0 Å². The van der Waals surface area contributed by atoms with Crippen LogP contribution in [0.4, 0.5) is 0 Å². The van der Waals surface area contributed by atoms with Crippen molar-refractivity contribution in [3.8, 4) is 0 Å². The number of carbonyl (C=O) groups is 2. The fourth-order valence-electron chi connectivity index (χ4n) is 2.80. The summed E-state index contributed by atoms with van der Waals surface area (Å²) in [6.07, 6.45) is 4.70. The minimum atomic E-state index is -0.732. The molecule has 0 unspecified atom stereocenters. The summed E-state index contributed by atoms with van der Waals surface area (Å²) in [4.78, 5) is 24.9. The lowest BCUT2D eigenvalue weighted by atomic mass is 9.92. The molecule has 1 aliphatic rings. The molecule has 1 amide bonds. The molecule has 1 fully saturated rings. The van der Waals surface area contributed by atoms with E-state index in [1.54, 1.807) is 0 Å². The molecule has 20 heavy (non-hydrogen) atoms. The number of carboxylic acid groups (broad SMARTS) is 1. The van der Waals surface area contributed by atoms with Crippen molar-refractivity contribution in [3.63, 3.8) is 0 Å². The molecule has 0 atom stereocenters. The number of nitrogens with zero attached hydrogens (tertiary/aromatic N) is 2. The summed E-state index contributed by atoms with van der Waals surface area (Å²) in [5.74, 6) is -0.203. The van der Waals surface area contributed by atoms with Crippen LogP contribution in [0.5, 0.6) is 0 Å². The quantitative estimate of drug-likeness (QED) is 0.898. The Balaban J connectivity index is 1.87. The predicted octanol–water partition coefficient (Wildman–Crippen LogP) is 2.22. The van der Waals surface area contributed by atoms with E-state index < -0.39 is 5.97 Å². The second-order valence-corrected chi connectivity index (χ2v) is 5.35. The van der Waals surface area contributed by atoms with Crippen LogP contribution in [-0.2, 0) is 11.3 Å². The van der Waals surface area contributed by atoms with E-state index in [9.17, 15) is 9.59 Å². The molecule has 0 aromatic carbocycles. The topological polar surface area (TPSA) is 62.5 Å². The number of aromatic nitrogens is 1. The lowest BCUT2D eigenvalue weighted by molar-refractivity contribution is -0.137. The van der Waals surface area contributed by atoms with Crippen molar-refractivity contribution >= 4 is 11.9 Å². The van der Waals surface area contributed by atoms with Gasteiger partial charge in [0, 0.05) is 32.3 Å². The highest BCUT2D eigenvalue weighted by atomic mass is 16.4. The monoisotopic (exact) mass is 278 g/mol. The zero-order valence-electron chi connectivity index (χ0n) is 11.9. The highest BCUT2D eigenvalue weighted by molar-refractivity contribution is 5.92. The van der Waals surface area contributed by atoms with Gasteiger partial charge in [0.05, 0.1) is 0 Å². The Kier molecular flexibility index (Phi) is 4.82. The van der Waals surface area contributed by atoms with Gasteiger partial charge in [-0.05, 0) is 44.2 Å². The number of hydrogen-bond donors (Lipinski definition) is 1. The van der Waals surface area contributed by atoms with Gasteiger partial charge in [0.1, 0.15) is 5.69 Å². The normalized spacial score (nSPS) is 16.4. The third-order valence-electron chi connectivity index (χ3n) is 4.06. The highest BCUT2D eigenvalue weighted by Crippen LogP contribution is 2.23. The smallest absolute Gasteiger partial charge is 0.303 e. The number of carboxylic acids is 1. The van der Waals surface area contributed by atoms with E-state index in [-0.39, 0.29) is 12.3 Å². The van der Waals surface area contributed by atoms with E-state index in [0.29, 0.717) is 5.92 Å². The molecule has 110 valence electrons. The predicted molar refractivity (Wildman–Crippen MR) is 75.6 cm³/mol. The molecule has 0 spiro atoms. The second kappa shape index (κ2) is 6.59. The van der Waals surface area contributed by atoms with Crippen LogP contribution >= 0.6 is 0 Å². The summed E-state index contributed by atoms with van der Waals surface area (Å²) in [6.45, 7) is 4.29. The zero-order valence-corrected chi connectivity index (χ0v) is 11.9. The molecule has 0 bridgehead atoms. The summed E-state index contributed by atoms with van der Waals surface area (Å²) in [5.41, 5.74) is 0.747. The van der Waals surface area contributed by atoms with Gasteiger partial charge in [-0.1, -0.05) is 0 Å². The van der Waals surface area contributed by atoms with E-state index in [0.717, 1.165) is 44.6 Å². The van der Waals surface area contributed by atoms with Crippen molar-refractivity contribution in [1.29, 1.82) is 0 Å². The van der Waals surface area contributed by atoms with E-state index in [4.69, 9.17) is 5.11 Å². The summed E-state index contributed by atoms with van der Waals surface area (Å²) in [7, 11) is 0. The number of amides is 1. The van der Waals surface area contributed by atoms with Crippen LogP contribution in [0.1, 0.15) is 43.1 Å². The zero-order chi connectivity index (χ0) is 14.5. The maximum absolute atomic E-state index is 12.4. The molecule has 1 N–H and O–H groups in total. The second-order valence-electron chi connectivity index (χ2n) is 5.35. The molecule has 1 saturated heterocycles. The van der Waals surface area contributed by atoms with Gasteiger partial charge in [0.25, 0.3) is 5.91 Å². The van der Waals surface area contributed by atoms with E-state index >= 15 is 0 Å². The first kappa shape index (κ1) is 14.6. The molecule has 2 heterocycles. The van der Waals surface area contributed by atoms with E-state index in [2.05, 4.69) is 0 Å². The maximum Gasteiger partial charge on any atom is 0.303 e. The van der Waals surface area contributed by atoms with Crippen molar-refractivity contribution in [3.05, 3.63) is 24.0 Å². The fraction of sp³-hybridized carbons (Fsp3) is 0.600. The number of aliphatic carboxylic acids is 1. The van der Waals surface area contributed by atoms with Gasteiger partial charge in [-0.15, -0.1) is 0 Å². The minimum Gasteiger partial charge on any atom is -0.481 e. The fourth-order valence-corrected chi connectivity index (χ4v) is 2.80. The van der Waals surface area contributed by atoms with Crippen LogP contribution in [0.3, 0.4) is 0 Å². The van der Waals surface area contributed by atoms with Crippen LogP contribution < -0.4 is 0 Å². The SMILES string of the molecule is CCn1cccc1C(=O)N1CCC(CCC(=O)O)CC1. The lowest BCUT2D eigenvalue weighted by Crippen LogP contribution is -2.39. The maximum atomic E-state index is 12.4. The molecule has 1 aliphatic heterocycles. The Labute approximate surface area is 119 Å². The molecular weight excluding hydrogens is 256 g/mol. The summed E-state index contributed by atoms with van der Waals surface area (Å²) < 4.78 is 1.96. The molecule has 1 aromatic rings. The van der Waals surface area contributed by atoms with Crippen LogP contribution in [0.2, 0.25) is 0 Å². The van der Waals surface area contributed by atoms with Gasteiger partial charge in [0.2, 0.25) is 0 Å². The number of aryl methyl sites for hydroxylation is 1. The average Bonchev–Trinajstić information content (AvgIpc) is 2.93. The first-order valence-corrected chi connectivity index (χ1v) is 7.28. The highest BCUT2D eigenvalue weighted by Gasteiger charge is 2.25. The number of piperidine rings is 1. The van der Waals surface area contributed by atoms with Crippen LogP contribution in [0, 0.1) is 5.92 Å². The number of carbonyl (C=O) groups excluding carboxylic acids is 1. The third kappa shape index (κ3) is 3.40. The van der Waals surface area contributed by atoms with Crippen LogP contribution in [0.15, 0.2) is 18.3 Å². The molecule has 0 saturated carbocycles. The average molecular weight is 278 g/mol. The molecule has 1 aromatic heterocycles. The van der Waals surface area contributed by atoms with Gasteiger partial charge in [0.15, 0.2) is 0 Å². The summed E-state index contributed by atoms with van der Waals surface area (Å²) in [6, 6.07) is 3.76. The van der Waals surface area contributed by atoms with Gasteiger partial charge in [-0.2, -0.15) is 0 Å². The standard InChI is InChI=1S/C15H22N2O3/c1-2-16-9-3-4-13(16)15(20)17-10-7-12(8-11-17)5-6-14(18)19/h3-4,9,12H,2,5-8,10-11H2,1H3,(H,18,19). The van der Waals surface area contributed by atoms with Gasteiger partial charge < -0.3 is 14.6 Å². The van der Waals surface area contributed by atoms with Gasteiger partial charge >= 0.3 is 5.97 Å². The number of likely N-dealkylation sites (tertiary alicyclic amines) is 1. The van der Waals surface area contributed by atoms with Gasteiger partial charge in [-0.3, -0.25) is 9.59 Å². The molecule has 0 aliphatic carbocycles. The Hall–Kier alpha value is -1.78. The lowest BCUT2D eigenvalue weighted by Gasteiger charge is -2.32. The first-order valence-electron chi connectivity index (χ1n) is 7.28. The van der Waals surface area contributed by atoms with E-state index in [1.807, 2.05) is 34.7 Å². The van der Waals surface area contributed by atoms with Crippen molar-refractivity contribution in [2.45, 2.75) is 39.2 Å². The molecule has 5 heteroatoms. The minimum absolute atomic E-state index is 0.0912. The largest absolute Gasteiger partial charge is 0.481 e. The van der Waals surface area contributed by atoms with Crippen LogP contribution in [0.25, 0.3) is 0 Å². The molecule has 2 rings (SSSR count). The first-order chi connectivity index (χ1) is 9.61. The number of hydrogen-bond acceptors (Lipinski definition) is 2. The van der Waals surface area contributed by atoms with Crippen molar-refractivity contribution in [2.24, 2.45) is 5.92 Å². The number of rotatable bonds is 5. The molecule has 0 radical (unpaired) electrons. The summed E-state index contributed by atoms with van der Waals surface area (Å²) in [5, 5.41) is 8.70. The van der Waals surface area contributed by atoms with Crippen molar-refractivity contribution in [2.75, 3.05) is 13.1 Å². The Morgan fingerprint density at radius 3 is 2.65 bits per heavy atom. The Bertz CT molecular complexity index is 473. The Morgan fingerprint density at radius 2 is 2.05 bits per heavy atom. The van der Waals surface area contributed by atoms with Gasteiger partial charge in [-0.25, -0.2) is 0 Å². The Morgan fingerprint density at radius 1 is 1.35 bits per heavy atom. The van der Waals surface area contributed by atoms with Crippen molar-refractivity contribution < 1.29 is 14.7 Å². The van der Waals surface area contributed by atoms with Crippen molar-refractivity contribution in [1.82, 2.24) is 9.47 Å².